The standard InChI is InChI=1S/C15H15BrFNO/c1-2-19-14-5-3-4-13(9-14)18-10-11-8-12(16)6-7-15(11)17/h3-9,18H,2,10H2,1H3. The zero-order valence-corrected chi connectivity index (χ0v) is 12.2. The van der Waals surface area contributed by atoms with Gasteiger partial charge in [0, 0.05) is 28.3 Å². The van der Waals surface area contributed by atoms with Crippen LogP contribution in [-0.4, -0.2) is 6.61 Å². The Morgan fingerprint density at radius 1 is 1.21 bits per heavy atom. The van der Waals surface area contributed by atoms with E-state index in [1.165, 1.54) is 6.07 Å². The Morgan fingerprint density at radius 2 is 2.05 bits per heavy atom. The number of rotatable bonds is 5. The van der Waals surface area contributed by atoms with Crippen LogP contribution in [0.2, 0.25) is 0 Å². The van der Waals surface area contributed by atoms with Gasteiger partial charge in [-0.1, -0.05) is 22.0 Å². The Labute approximate surface area is 120 Å². The van der Waals surface area contributed by atoms with Gasteiger partial charge in [-0.15, -0.1) is 0 Å². The van der Waals surface area contributed by atoms with Gasteiger partial charge < -0.3 is 10.1 Å². The average Bonchev–Trinajstić information content (AvgIpc) is 2.41. The first-order valence-corrected chi connectivity index (χ1v) is 6.89. The first-order chi connectivity index (χ1) is 9.19. The molecule has 0 fully saturated rings. The van der Waals surface area contributed by atoms with Crippen LogP contribution < -0.4 is 10.1 Å². The molecular formula is C15H15BrFNO. The van der Waals surface area contributed by atoms with Gasteiger partial charge in [-0.25, -0.2) is 4.39 Å². The van der Waals surface area contributed by atoms with Crippen molar-refractivity contribution in [2.75, 3.05) is 11.9 Å². The van der Waals surface area contributed by atoms with Gasteiger partial charge in [-0.05, 0) is 37.3 Å². The van der Waals surface area contributed by atoms with Crippen molar-refractivity contribution in [2.45, 2.75) is 13.5 Å². The third kappa shape index (κ3) is 3.96. The predicted octanol–water partition coefficient (Wildman–Crippen LogP) is 4.60. The Balaban J connectivity index is 2.05. The predicted molar refractivity (Wildman–Crippen MR) is 79.0 cm³/mol. The molecule has 2 rings (SSSR count). The van der Waals surface area contributed by atoms with Crippen LogP contribution in [0.3, 0.4) is 0 Å². The summed E-state index contributed by atoms with van der Waals surface area (Å²) >= 11 is 3.34. The maximum Gasteiger partial charge on any atom is 0.128 e. The molecule has 100 valence electrons. The molecule has 0 saturated heterocycles. The highest BCUT2D eigenvalue weighted by Gasteiger charge is 2.03. The molecule has 0 aliphatic heterocycles. The molecule has 0 atom stereocenters. The van der Waals surface area contributed by atoms with E-state index in [0.717, 1.165) is 15.9 Å². The van der Waals surface area contributed by atoms with Crippen molar-refractivity contribution in [1.82, 2.24) is 0 Å². The topological polar surface area (TPSA) is 21.3 Å². The number of ether oxygens (including phenoxy) is 1. The quantitative estimate of drug-likeness (QED) is 0.868. The van der Waals surface area contributed by atoms with E-state index in [-0.39, 0.29) is 5.82 Å². The van der Waals surface area contributed by atoms with E-state index in [0.29, 0.717) is 18.7 Å². The highest BCUT2D eigenvalue weighted by atomic mass is 79.9. The molecule has 2 nitrogen and oxygen atoms in total. The Hall–Kier alpha value is -1.55. The lowest BCUT2D eigenvalue weighted by molar-refractivity contribution is 0.340. The first-order valence-electron chi connectivity index (χ1n) is 6.09. The molecule has 0 radical (unpaired) electrons. The summed E-state index contributed by atoms with van der Waals surface area (Å²) in [6.07, 6.45) is 0. The maximum atomic E-state index is 13.6. The minimum atomic E-state index is -0.211. The summed E-state index contributed by atoms with van der Waals surface area (Å²) in [6.45, 7) is 3.00. The zero-order valence-electron chi connectivity index (χ0n) is 10.6. The number of benzene rings is 2. The van der Waals surface area contributed by atoms with Crippen molar-refractivity contribution in [3.05, 3.63) is 58.3 Å². The van der Waals surface area contributed by atoms with Gasteiger partial charge in [-0.3, -0.25) is 0 Å². The molecule has 0 unspecified atom stereocenters. The molecule has 0 aliphatic carbocycles. The summed E-state index contributed by atoms with van der Waals surface area (Å²) in [5.74, 6) is 0.596. The summed E-state index contributed by atoms with van der Waals surface area (Å²) in [4.78, 5) is 0. The van der Waals surface area contributed by atoms with Crippen LogP contribution in [-0.2, 0) is 6.54 Å². The number of nitrogens with one attached hydrogen (secondary N) is 1. The highest BCUT2D eigenvalue weighted by Crippen LogP contribution is 2.20. The Kier molecular flexibility index (Phi) is 4.80. The molecular weight excluding hydrogens is 309 g/mol. The largest absolute Gasteiger partial charge is 0.494 e. The number of anilines is 1. The van der Waals surface area contributed by atoms with E-state index in [4.69, 9.17) is 4.74 Å². The molecule has 0 bridgehead atoms. The van der Waals surface area contributed by atoms with Crippen molar-refractivity contribution in [1.29, 1.82) is 0 Å². The van der Waals surface area contributed by atoms with Crippen molar-refractivity contribution in [3.63, 3.8) is 0 Å². The van der Waals surface area contributed by atoms with Gasteiger partial charge in [-0.2, -0.15) is 0 Å². The van der Waals surface area contributed by atoms with Crippen molar-refractivity contribution in [3.8, 4) is 5.75 Å². The molecule has 19 heavy (non-hydrogen) atoms. The lowest BCUT2D eigenvalue weighted by Gasteiger charge is -2.10. The molecule has 0 saturated carbocycles. The van der Waals surface area contributed by atoms with Crippen molar-refractivity contribution < 1.29 is 9.13 Å². The molecule has 0 aliphatic rings. The smallest absolute Gasteiger partial charge is 0.128 e. The van der Waals surface area contributed by atoms with E-state index < -0.39 is 0 Å². The lowest BCUT2D eigenvalue weighted by atomic mass is 10.2. The van der Waals surface area contributed by atoms with E-state index in [2.05, 4.69) is 21.2 Å². The molecule has 2 aromatic carbocycles. The monoisotopic (exact) mass is 323 g/mol. The minimum Gasteiger partial charge on any atom is -0.494 e. The van der Waals surface area contributed by atoms with Crippen LogP contribution in [0.5, 0.6) is 5.75 Å². The number of halogens is 2. The number of hydrogen-bond acceptors (Lipinski definition) is 2. The van der Waals surface area contributed by atoms with Crippen LogP contribution in [0.25, 0.3) is 0 Å². The normalized spacial score (nSPS) is 10.3. The average molecular weight is 324 g/mol. The molecule has 4 heteroatoms. The molecule has 0 spiro atoms. The summed E-state index contributed by atoms with van der Waals surface area (Å²) in [6, 6.07) is 12.6. The fourth-order valence-electron chi connectivity index (χ4n) is 1.74. The summed E-state index contributed by atoms with van der Waals surface area (Å²) < 4.78 is 19.9. The second-order valence-corrected chi connectivity index (χ2v) is 4.97. The second kappa shape index (κ2) is 6.57. The van der Waals surface area contributed by atoms with E-state index >= 15 is 0 Å². The number of hydrogen-bond donors (Lipinski definition) is 1. The highest BCUT2D eigenvalue weighted by molar-refractivity contribution is 9.10. The Morgan fingerprint density at radius 3 is 2.84 bits per heavy atom. The van der Waals surface area contributed by atoms with Crippen molar-refractivity contribution in [2.24, 2.45) is 0 Å². The molecule has 0 amide bonds. The molecule has 2 aromatic rings. The summed E-state index contributed by atoms with van der Waals surface area (Å²) in [5, 5.41) is 3.19. The van der Waals surface area contributed by atoms with Crippen LogP contribution in [0, 0.1) is 5.82 Å². The van der Waals surface area contributed by atoms with Crippen LogP contribution in [0.1, 0.15) is 12.5 Å². The van der Waals surface area contributed by atoms with Crippen LogP contribution in [0.4, 0.5) is 10.1 Å². The Bertz CT molecular complexity index is 560. The fraction of sp³-hybridized carbons (Fsp3) is 0.200. The molecule has 1 N–H and O–H groups in total. The van der Waals surface area contributed by atoms with E-state index in [9.17, 15) is 4.39 Å². The van der Waals surface area contributed by atoms with E-state index in [1.54, 1.807) is 12.1 Å². The lowest BCUT2D eigenvalue weighted by Crippen LogP contribution is -2.02. The van der Waals surface area contributed by atoms with Crippen LogP contribution in [0.15, 0.2) is 46.9 Å². The molecule has 0 heterocycles. The molecule has 0 aromatic heterocycles. The fourth-order valence-corrected chi connectivity index (χ4v) is 2.15. The third-order valence-corrected chi connectivity index (χ3v) is 3.13. The zero-order chi connectivity index (χ0) is 13.7. The summed E-state index contributed by atoms with van der Waals surface area (Å²) in [7, 11) is 0. The third-order valence-electron chi connectivity index (χ3n) is 2.64. The van der Waals surface area contributed by atoms with E-state index in [1.807, 2.05) is 31.2 Å². The van der Waals surface area contributed by atoms with Gasteiger partial charge in [0.25, 0.3) is 0 Å². The second-order valence-electron chi connectivity index (χ2n) is 4.05. The van der Waals surface area contributed by atoms with Gasteiger partial charge in [0.1, 0.15) is 11.6 Å². The van der Waals surface area contributed by atoms with Gasteiger partial charge >= 0.3 is 0 Å². The maximum absolute atomic E-state index is 13.6. The van der Waals surface area contributed by atoms with Crippen LogP contribution >= 0.6 is 15.9 Å². The van der Waals surface area contributed by atoms with Crippen molar-refractivity contribution >= 4 is 21.6 Å². The van der Waals surface area contributed by atoms with Gasteiger partial charge in [0.05, 0.1) is 6.61 Å². The van der Waals surface area contributed by atoms with Gasteiger partial charge in [0.2, 0.25) is 0 Å². The SMILES string of the molecule is CCOc1cccc(NCc2cc(Br)ccc2F)c1. The first kappa shape index (κ1) is 13.9. The van der Waals surface area contributed by atoms with Gasteiger partial charge in [0.15, 0.2) is 0 Å². The minimum absolute atomic E-state index is 0.211. The summed E-state index contributed by atoms with van der Waals surface area (Å²) in [5.41, 5.74) is 1.53.